The third-order valence-electron chi connectivity index (χ3n) is 3.55. The molecule has 0 bridgehead atoms. The highest BCUT2D eigenvalue weighted by Crippen LogP contribution is 2.60. The molecule has 4 atom stereocenters. The number of ether oxygens (including phenoxy) is 1. The van der Waals surface area contributed by atoms with Crippen LogP contribution in [0.25, 0.3) is 11.2 Å². The van der Waals surface area contributed by atoms with E-state index in [1.54, 1.807) is 0 Å². The first kappa shape index (κ1) is 14.5. The van der Waals surface area contributed by atoms with Gasteiger partial charge >= 0.3 is 35.7 Å². The number of anilines is 1. The first-order valence-electron chi connectivity index (χ1n) is 5.90. The maximum Gasteiger partial charge on any atom is 0.445 e. The first-order chi connectivity index (χ1) is 10.1. The third kappa shape index (κ3) is 1.79. The van der Waals surface area contributed by atoms with E-state index in [0.717, 1.165) is 0 Å². The average molecular weight is 346 g/mol. The van der Waals surface area contributed by atoms with Crippen molar-refractivity contribution in [2.45, 2.75) is 16.8 Å². The van der Waals surface area contributed by atoms with Gasteiger partial charge in [-0.05, 0) is 0 Å². The molecule has 108 valence electrons. The van der Waals surface area contributed by atoms with Crippen molar-refractivity contribution >= 4 is 42.4 Å². The predicted octanol–water partition coefficient (Wildman–Crippen LogP) is 1.21. The van der Waals surface area contributed by atoms with E-state index in [0.29, 0.717) is 11.2 Å². The molecule has 1 fully saturated rings. The van der Waals surface area contributed by atoms with Crippen LogP contribution in [-0.4, -0.2) is 31.0 Å². The Labute approximate surface area is 122 Å². The van der Waals surface area contributed by atoms with E-state index in [1.807, 2.05) is 0 Å². The van der Waals surface area contributed by atoms with E-state index in [9.17, 15) is 13.7 Å². The van der Waals surface area contributed by atoms with Crippen molar-refractivity contribution in [3.8, 4) is 0 Å². The molecular weight excluding hydrogens is 335 g/mol. The summed E-state index contributed by atoms with van der Waals surface area (Å²) in [6.45, 7) is 0.194. The van der Waals surface area contributed by atoms with Gasteiger partial charge in [-0.2, -0.15) is 0 Å². The van der Waals surface area contributed by atoms with Crippen LogP contribution in [0.5, 0.6) is 0 Å². The van der Waals surface area contributed by atoms with E-state index in [1.165, 1.54) is 17.2 Å². The SMILES string of the molecule is Nc1ncnc2c1ncn2C1([PH+]=O)OCCC1([PH+]=O)[PH+]=O. The Morgan fingerprint density at radius 1 is 1.19 bits per heavy atom. The first-order valence-corrected chi connectivity index (χ1v) is 8.62. The number of nitrogens with two attached hydrogens (primary N) is 1. The van der Waals surface area contributed by atoms with Crippen LogP contribution in [0.1, 0.15) is 6.42 Å². The fraction of sp³-hybridized carbons (Fsp3) is 0.444. The Morgan fingerprint density at radius 3 is 2.62 bits per heavy atom. The zero-order valence-electron chi connectivity index (χ0n) is 10.6. The molecule has 1 saturated heterocycles. The van der Waals surface area contributed by atoms with Crippen LogP contribution in [0.2, 0.25) is 0 Å². The average Bonchev–Trinajstić information content (AvgIpc) is 3.09. The Hall–Kier alpha value is -1.39. The van der Waals surface area contributed by atoms with Crippen molar-refractivity contribution in [2.24, 2.45) is 0 Å². The van der Waals surface area contributed by atoms with Crippen LogP contribution in [0.3, 0.4) is 0 Å². The molecule has 4 unspecified atom stereocenters. The van der Waals surface area contributed by atoms with Crippen LogP contribution in [0.15, 0.2) is 12.7 Å². The Morgan fingerprint density at radius 2 is 1.95 bits per heavy atom. The summed E-state index contributed by atoms with van der Waals surface area (Å²) >= 11 is 0. The topological polar surface area (TPSA) is 130 Å². The van der Waals surface area contributed by atoms with Crippen LogP contribution in [-0.2, 0) is 23.9 Å². The molecule has 3 heterocycles. The molecule has 0 aromatic carbocycles. The second kappa shape index (κ2) is 5.11. The second-order valence-electron chi connectivity index (χ2n) is 4.50. The lowest BCUT2D eigenvalue weighted by atomic mass is 10.3. The number of nitrogen functional groups attached to an aromatic ring is 1. The molecule has 1 aliphatic heterocycles. The molecule has 0 saturated carbocycles. The van der Waals surface area contributed by atoms with Gasteiger partial charge in [0.1, 0.15) is 18.2 Å². The van der Waals surface area contributed by atoms with E-state index < -0.39 is 35.7 Å². The van der Waals surface area contributed by atoms with Gasteiger partial charge in [-0.15, -0.1) is 0 Å². The highest BCUT2D eigenvalue weighted by Gasteiger charge is 2.80. The van der Waals surface area contributed by atoms with Gasteiger partial charge < -0.3 is 10.5 Å². The Kier molecular flexibility index (Phi) is 3.54. The molecule has 21 heavy (non-hydrogen) atoms. The monoisotopic (exact) mass is 346 g/mol. The zero-order valence-corrected chi connectivity index (χ0v) is 13.6. The van der Waals surface area contributed by atoms with Gasteiger partial charge in [-0.3, -0.25) is 0 Å². The molecule has 0 spiro atoms. The van der Waals surface area contributed by atoms with E-state index in [4.69, 9.17) is 10.5 Å². The number of aromatic nitrogens is 4. The molecule has 1 aliphatic rings. The standard InChI is InChI=1S/C9H8N5O4P3/c10-6-5-7(12-3-11-6)14(4-13-5)9(21-17)8(19-15,20-16)1-2-18-9/h3-4H,1-2H2,(H2,10,11,12)/p+3. The highest BCUT2D eigenvalue weighted by molar-refractivity contribution is 7.48. The largest absolute Gasteiger partial charge is 0.445 e. The van der Waals surface area contributed by atoms with Gasteiger partial charge in [-0.1, -0.05) is 13.7 Å². The van der Waals surface area contributed by atoms with Crippen molar-refractivity contribution in [3.05, 3.63) is 12.7 Å². The smallest absolute Gasteiger partial charge is 0.382 e. The number of nitrogens with zero attached hydrogens (tertiary/aromatic N) is 4. The fourth-order valence-corrected chi connectivity index (χ4v) is 5.00. The third-order valence-corrected chi connectivity index (χ3v) is 7.63. The Bertz CT molecular complexity index is 744. The van der Waals surface area contributed by atoms with E-state index in [2.05, 4.69) is 15.0 Å². The number of rotatable bonds is 4. The lowest BCUT2D eigenvalue weighted by Gasteiger charge is -2.17. The number of imidazole rings is 1. The van der Waals surface area contributed by atoms with Crippen molar-refractivity contribution in [2.75, 3.05) is 12.3 Å². The zero-order chi connectivity index (χ0) is 15.1. The predicted molar refractivity (Wildman–Crippen MR) is 78.0 cm³/mol. The van der Waals surface area contributed by atoms with E-state index >= 15 is 0 Å². The minimum atomic E-state index is -1.52. The molecule has 2 aromatic heterocycles. The minimum Gasteiger partial charge on any atom is -0.382 e. The molecule has 2 aromatic rings. The number of fused-ring (bicyclic) bond motifs is 1. The second-order valence-corrected chi connectivity index (χ2v) is 8.00. The summed E-state index contributed by atoms with van der Waals surface area (Å²) in [5, 5.41) is 0. The molecule has 2 N–H and O–H groups in total. The van der Waals surface area contributed by atoms with Crippen LogP contribution < -0.4 is 5.73 Å². The van der Waals surface area contributed by atoms with Crippen LogP contribution in [0.4, 0.5) is 5.82 Å². The summed E-state index contributed by atoms with van der Waals surface area (Å²) in [5.74, 6) is 0.167. The van der Waals surface area contributed by atoms with Crippen molar-refractivity contribution in [1.29, 1.82) is 0 Å². The molecule has 0 radical (unpaired) electrons. The van der Waals surface area contributed by atoms with Crippen molar-refractivity contribution in [3.63, 3.8) is 0 Å². The molecule has 0 aliphatic carbocycles. The van der Waals surface area contributed by atoms with E-state index in [-0.39, 0.29) is 18.8 Å². The Balaban J connectivity index is 2.32. The molecule has 3 rings (SSSR count). The van der Waals surface area contributed by atoms with Gasteiger partial charge in [-0.25, -0.2) is 19.5 Å². The van der Waals surface area contributed by atoms with Gasteiger partial charge in [0.05, 0.1) is 13.0 Å². The van der Waals surface area contributed by atoms with Gasteiger partial charge in [0.25, 0.3) is 0 Å². The fourth-order valence-electron chi connectivity index (χ4n) is 2.43. The lowest BCUT2D eigenvalue weighted by Crippen LogP contribution is -2.40. The number of hydrogen-bond donors (Lipinski definition) is 1. The quantitative estimate of drug-likeness (QED) is 0.818. The number of hydrogen-bond acceptors (Lipinski definition) is 8. The lowest BCUT2D eigenvalue weighted by molar-refractivity contribution is 0.0156. The molecule has 0 amide bonds. The van der Waals surface area contributed by atoms with Crippen LogP contribution >= 0.6 is 25.4 Å². The summed E-state index contributed by atoms with van der Waals surface area (Å²) in [7, 11) is -2.93. The minimum absolute atomic E-state index is 0.167. The van der Waals surface area contributed by atoms with Gasteiger partial charge in [0.2, 0.25) is 0 Å². The maximum atomic E-state index is 11.9. The molecular formula is C9H11N5O4P3+3. The summed E-state index contributed by atoms with van der Waals surface area (Å²) in [6, 6.07) is 0. The summed E-state index contributed by atoms with van der Waals surface area (Å²) in [6.07, 6.45) is 2.86. The normalized spacial score (nSPS) is 29.7. The van der Waals surface area contributed by atoms with Crippen molar-refractivity contribution < 1.29 is 18.4 Å². The summed E-state index contributed by atoms with van der Waals surface area (Å²) < 4.78 is 42.3. The van der Waals surface area contributed by atoms with Crippen molar-refractivity contribution in [1.82, 2.24) is 19.5 Å². The highest BCUT2D eigenvalue weighted by atomic mass is 31.1. The molecule has 9 nitrogen and oxygen atoms in total. The maximum absolute atomic E-state index is 11.9. The molecule has 12 heteroatoms. The summed E-state index contributed by atoms with van der Waals surface area (Å²) in [5.41, 5.74) is 4.82. The summed E-state index contributed by atoms with van der Waals surface area (Å²) in [4.78, 5) is 10.7. The van der Waals surface area contributed by atoms with Gasteiger partial charge in [0, 0.05) is 0 Å². The van der Waals surface area contributed by atoms with Gasteiger partial charge in [0.15, 0.2) is 11.5 Å². The van der Waals surface area contributed by atoms with Crippen LogP contribution in [0, 0.1) is 0 Å².